The highest BCUT2D eigenvalue weighted by molar-refractivity contribution is 7.49. The number of phosphoric acid groups is 1. The number of rotatable bonds is 30. The average Bonchev–Trinajstić information content (AvgIpc) is 0.803. The highest BCUT2D eigenvalue weighted by atomic mass is 35.5. The number of aromatic amines is 2. The van der Waals surface area contributed by atoms with Crippen LogP contribution in [-0.2, 0) is 47.2 Å². The van der Waals surface area contributed by atoms with Gasteiger partial charge in [-0.3, -0.25) is 47.1 Å². The number of aryl methyl sites for hydroxylation is 2. The molecule has 3 fully saturated rings. The molecule has 11 rings (SSSR count). The second-order valence-electron chi connectivity index (χ2n) is 25.3. The molecule has 0 aliphatic carbocycles. The largest absolute Gasteiger partial charge is 0.530 e. The molecule has 102 heavy (non-hydrogen) atoms. The Bertz CT molecular complexity index is 4560. The normalized spacial score (nSPS) is 21.4. The van der Waals surface area contributed by atoms with Crippen LogP contribution in [0.25, 0.3) is 0 Å². The number of ether oxygens (including phenoxy) is 6. The molecule has 3 N–H and O–H groups in total. The number of anilines is 1. The number of carbonyl (C=O) groups excluding carboxylic acids is 1. The molecule has 5 aromatic carbocycles. The van der Waals surface area contributed by atoms with Crippen LogP contribution in [-0.4, -0.2) is 116 Å². The van der Waals surface area contributed by atoms with Gasteiger partial charge in [-0.25, -0.2) is 23.6 Å². The van der Waals surface area contributed by atoms with Gasteiger partial charge in [0, 0.05) is 60.2 Å². The van der Waals surface area contributed by atoms with Crippen molar-refractivity contribution in [3.63, 3.8) is 0 Å². The lowest BCUT2D eigenvalue weighted by molar-refractivity contribution is -0.0919. The van der Waals surface area contributed by atoms with Crippen molar-refractivity contribution in [1.82, 2.24) is 33.3 Å². The van der Waals surface area contributed by atoms with Crippen LogP contribution in [0, 0.1) is 31.1 Å². The first-order chi connectivity index (χ1) is 49.1. The SMILES string of the molecule is COc1ccc(C(OC[C@@H]2O[C@@H](n3ccc(NC(=O)c4ccccc4)nc3=O)C[C@@H]2C[C@H]2O[C@@H](n3cc(C)c(=O)[nH]c3=O)C[C@@H]2OP(=O)(OC[C@H]2O[C@@H](n3cc(C)c(=O)[nH]c3=O)C[C@@H]2OP(OCCC#N)N(C(C)C)C(C)C)Oc2ccccc2Cl)(c2ccccc2)c2ccc(OC)cc2)cc1. The van der Waals surface area contributed by atoms with E-state index in [1.165, 1.54) is 64.3 Å². The van der Waals surface area contributed by atoms with Crippen molar-refractivity contribution in [1.29, 1.82) is 5.26 Å². The van der Waals surface area contributed by atoms with E-state index in [2.05, 4.69) is 26.3 Å². The van der Waals surface area contributed by atoms with Gasteiger partial charge in [0.15, 0.2) is 0 Å². The maximum Gasteiger partial charge on any atom is 0.530 e. The molecular weight excluding hydrogens is 1380 g/mol. The van der Waals surface area contributed by atoms with Crippen LogP contribution in [0.5, 0.6) is 17.2 Å². The fourth-order valence-corrected chi connectivity index (χ4v) is 16.3. The second kappa shape index (κ2) is 33.2. The van der Waals surface area contributed by atoms with Gasteiger partial charge < -0.3 is 47.3 Å². The van der Waals surface area contributed by atoms with Crippen LogP contribution >= 0.6 is 27.9 Å². The topological polar surface area (TPSA) is 319 Å². The lowest BCUT2D eigenvalue weighted by Gasteiger charge is -2.37. The molecule has 0 spiro atoms. The number of halogens is 1. The monoisotopic (exact) mass is 1460 g/mol. The molecule has 8 aromatic rings. The number of aromatic nitrogens is 6. The summed E-state index contributed by atoms with van der Waals surface area (Å²) in [6.07, 6.45) is -4.85. The van der Waals surface area contributed by atoms with Crippen LogP contribution in [0.2, 0.25) is 5.02 Å². The molecular formula is C72H80ClN9O18P2. The number of hydrogen-bond acceptors (Lipinski definition) is 21. The van der Waals surface area contributed by atoms with E-state index in [1.807, 2.05) is 111 Å². The fraction of sp³-hybridized carbons (Fsp3) is 0.389. The summed E-state index contributed by atoms with van der Waals surface area (Å²) in [5.74, 6) is -0.0834. The first kappa shape index (κ1) is 74.5. The Balaban J connectivity index is 0.983. The molecule has 0 saturated carbocycles. The molecule has 11 atom stereocenters. The summed E-state index contributed by atoms with van der Waals surface area (Å²) in [4.78, 5) is 89.8. The molecule has 3 aromatic heterocycles. The number of methoxy groups -OCH3 is 2. The van der Waals surface area contributed by atoms with E-state index in [0.717, 1.165) is 5.56 Å². The maximum absolute atomic E-state index is 16.2. The lowest BCUT2D eigenvalue weighted by atomic mass is 9.79. The number of phosphoric ester groups is 1. The van der Waals surface area contributed by atoms with E-state index in [4.69, 9.17) is 62.6 Å². The van der Waals surface area contributed by atoms with E-state index in [9.17, 15) is 34.0 Å². The Labute approximate surface area is 593 Å². The molecule has 27 nitrogen and oxygen atoms in total. The van der Waals surface area contributed by atoms with Gasteiger partial charge in [-0.05, 0) is 132 Å². The Hall–Kier alpha value is -8.71. The highest BCUT2D eigenvalue weighted by Crippen LogP contribution is 2.57. The third-order valence-electron chi connectivity index (χ3n) is 17.8. The minimum atomic E-state index is -5.10. The van der Waals surface area contributed by atoms with E-state index >= 15 is 4.57 Å². The third kappa shape index (κ3) is 17.2. The van der Waals surface area contributed by atoms with Crippen LogP contribution in [0.1, 0.15) is 117 Å². The van der Waals surface area contributed by atoms with Gasteiger partial charge >= 0.3 is 24.9 Å². The van der Waals surface area contributed by atoms with Crippen molar-refractivity contribution in [2.24, 2.45) is 5.92 Å². The molecule has 1 amide bonds. The number of nitriles is 1. The van der Waals surface area contributed by atoms with E-state index in [1.54, 1.807) is 56.7 Å². The van der Waals surface area contributed by atoms with E-state index in [-0.39, 0.29) is 85.1 Å². The molecule has 0 bridgehead atoms. The van der Waals surface area contributed by atoms with Crippen molar-refractivity contribution in [3.05, 3.63) is 249 Å². The van der Waals surface area contributed by atoms with Gasteiger partial charge in [0.2, 0.25) is 0 Å². The number of nitrogens with one attached hydrogen (secondary N) is 3. The van der Waals surface area contributed by atoms with Gasteiger partial charge in [0.05, 0.1) is 69.9 Å². The number of H-pyrrole nitrogens is 2. The summed E-state index contributed by atoms with van der Waals surface area (Å²) in [7, 11) is -3.92. The van der Waals surface area contributed by atoms with Crippen molar-refractivity contribution < 1.29 is 60.4 Å². The zero-order valence-electron chi connectivity index (χ0n) is 57.3. The summed E-state index contributed by atoms with van der Waals surface area (Å²) in [6.45, 7) is 10.2. The third-order valence-corrected chi connectivity index (χ3v) is 21.7. The quantitative estimate of drug-likeness (QED) is 0.0214. The van der Waals surface area contributed by atoms with Crippen molar-refractivity contribution in [3.8, 4) is 23.3 Å². The Morgan fingerprint density at radius 2 is 1.25 bits per heavy atom. The average molecular weight is 1460 g/mol. The van der Waals surface area contributed by atoms with Crippen molar-refractivity contribution in [2.45, 2.75) is 141 Å². The molecule has 6 heterocycles. The predicted molar refractivity (Wildman–Crippen MR) is 378 cm³/mol. The van der Waals surface area contributed by atoms with Gasteiger partial charge in [0.25, 0.3) is 25.6 Å². The predicted octanol–water partition coefficient (Wildman–Crippen LogP) is 11.0. The first-order valence-electron chi connectivity index (χ1n) is 33.2. The number of para-hydroxylation sites is 1. The Morgan fingerprint density at radius 1 is 0.706 bits per heavy atom. The fourth-order valence-electron chi connectivity index (χ4n) is 12.8. The zero-order valence-corrected chi connectivity index (χ0v) is 59.9. The summed E-state index contributed by atoms with van der Waals surface area (Å²) in [5, 5.41) is 12.3. The van der Waals surface area contributed by atoms with E-state index < -0.39 is 118 Å². The molecule has 30 heteroatoms. The summed E-state index contributed by atoms with van der Waals surface area (Å²) >= 11 is 6.79. The van der Waals surface area contributed by atoms with Crippen LogP contribution in [0.15, 0.2) is 182 Å². The molecule has 3 aliphatic rings. The van der Waals surface area contributed by atoms with Crippen LogP contribution in [0.3, 0.4) is 0 Å². The van der Waals surface area contributed by atoms with Crippen LogP contribution < -0.4 is 47.5 Å². The van der Waals surface area contributed by atoms with Crippen molar-refractivity contribution in [2.75, 3.05) is 39.4 Å². The number of amides is 1. The summed E-state index contributed by atoms with van der Waals surface area (Å²) < 4.78 is 94.1. The van der Waals surface area contributed by atoms with E-state index in [0.29, 0.717) is 28.2 Å². The molecule has 538 valence electrons. The smallest absolute Gasteiger partial charge is 0.497 e. The maximum atomic E-state index is 16.2. The first-order valence-corrected chi connectivity index (χ1v) is 36.2. The number of hydrogen-bond donors (Lipinski definition) is 3. The number of carbonyl (C=O) groups is 1. The van der Waals surface area contributed by atoms with Crippen LogP contribution in [0.4, 0.5) is 5.82 Å². The van der Waals surface area contributed by atoms with Crippen molar-refractivity contribution >= 4 is 39.7 Å². The molecule has 0 radical (unpaired) electrons. The second-order valence-corrected chi connectivity index (χ2v) is 28.6. The minimum Gasteiger partial charge on any atom is -0.497 e. The molecule has 3 saturated heterocycles. The summed E-state index contributed by atoms with van der Waals surface area (Å²) in [5.41, 5.74) is -2.05. The Kier molecular flexibility index (Phi) is 24.2. The zero-order chi connectivity index (χ0) is 72.4. The van der Waals surface area contributed by atoms with Gasteiger partial charge in [-0.1, -0.05) is 96.5 Å². The standard InChI is InChI=1S/C72H80ClN9O18P2/c1-44(2)82(45(3)4)101(93-35-17-33-74)98-58-38-64(80-40-46(5)66(83)77-70(80)87)97-61(58)43-94-102(89,99-56-23-16-15-22-55(56)73)100-59-39-65(81-41-47(6)67(84)78-71(81)88)95-57(59)36-49-37-63(79-34-32-62(76-69(79)86)75-68(85)48-18-11-9-12-19-48)96-60(49)42-92-72(50-20-13-10-14-21-50,51-24-28-53(90-7)29-25-51)52-26-30-54(91-8)31-27-52/h9-16,18-32,34,40-41,44-45,49,57-61,63-65H,17,35-39,42-43H2,1-8H3,(H,77,83,87)(H,78,84,88)(H,75,76,85,86)/t49-,57+,58-,59-,60-,61+,63+,64+,65+,101?,102?/m0/s1. The van der Waals surface area contributed by atoms with Gasteiger partial charge in [0.1, 0.15) is 59.6 Å². The highest BCUT2D eigenvalue weighted by Gasteiger charge is 2.50. The van der Waals surface area contributed by atoms with Gasteiger partial charge in [-0.2, -0.15) is 10.2 Å². The lowest BCUT2D eigenvalue weighted by Crippen LogP contribution is -2.38. The molecule has 3 aliphatic heterocycles. The van der Waals surface area contributed by atoms with Gasteiger partial charge in [-0.15, -0.1) is 0 Å². The molecule has 2 unspecified atom stereocenters. The number of benzene rings is 5. The minimum absolute atomic E-state index is 0.00776. The number of nitrogens with zero attached hydrogens (tertiary/aromatic N) is 6. The Morgan fingerprint density at radius 3 is 1.81 bits per heavy atom. The summed E-state index contributed by atoms with van der Waals surface area (Å²) in [6, 6.07) is 42.5.